The van der Waals surface area contributed by atoms with Crippen LogP contribution in [0.1, 0.15) is 5.56 Å². The molecule has 2 rings (SSSR count). The molecular weight excluding hydrogens is 303 g/mol. The summed E-state index contributed by atoms with van der Waals surface area (Å²) >= 11 is 5.30. The summed E-state index contributed by atoms with van der Waals surface area (Å²) in [6.45, 7) is 2.10. The summed E-state index contributed by atoms with van der Waals surface area (Å²) < 4.78 is 4.97. The maximum Gasteiger partial charge on any atom is 0.203 e. The Morgan fingerprint density at radius 3 is 2.75 bits per heavy atom. The molecule has 0 saturated carbocycles. The predicted molar refractivity (Wildman–Crippen MR) is 60.7 cm³/mol. The van der Waals surface area contributed by atoms with Crippen LogP contribution in [0.15, 0.2) is 10.8 Å². The number of halogens is 1. The van der Waals surface area contributed by atoms with Crippen LogP contribution < -0.4 is 0 Å². The molecule has 0 aromatic carbocycles. The van der Waals surface area contributed by atoms with E-state index in [1.165, 1.54) is 22.7 Å². The Kier molecular flexibility index (Phi) is 2.42. The normalized spacial score (nSPS) is 10.5. The summed E-state index contributed by atoms with van der Waals surface area (Å²) in [5.74, 6) is 0. The zero-order chi connectivity index (χ0) is 8.55. The van der Waals surface area contributed by atoms with Crippen LogP contribution in [0.25, 0.3) is 10.6 Å². The molecule has 0 amide bonds. The van der Waals surface area contributed by atoms with E-state index in [1.54, 1.807) is 11.3 Å². The maximum absolute atomic E-state index is 4.31. The van der Waals surface area contributed by atoms with E-state index in [9.17, 15) is 0 Å². The molecule has 0 aliphatic rings. The summed E-state index contributed by atoms with van der Waals surface area (Å²) in [4.78, 5) is 4.31. The standard InChI is InChI=1S/C7H5IN2S2/c1-4-2-11-3-5(4)6-9-7(8)10-12-6/h2-3H,1H3. The van der Waals surface area contributed by atoms with Crippen molar-refractivity contribution in [2.45, 2.75) is 6.92 Å². The molecule has 0 atom stereocenters. The van der Waals surface area contributed by atoms with Crippen LogP contribution >= 0.6 is 45.5 Å². The van der Waals surface area contributed by atoms with E-state index in [4.69, 9.17) is 0 Å². The second kappa shape index (κ2) is 3.39. The van der Waals surface area contributed by atoms with Crippen molar-refractivity contribution in [2.75, 3.05) is 0 Å². The maximum atomic E-state index is 4.31. The van der Waals surface area contributed by atoms with Crippen LogP contribution in [-0.2, 0) is 0 Å². The van der Waals surface area contributed by atoms with Gasteiger partial charge in [0, 0.05) is 33.5 Å². The molecule has 0 spiro atoms. The minimum Gasteiger partial charge on any atom is -0.210 e. The van der Waals surface area contributed by atoms with Crippen molar-refractivity contribution in [2.24, 2.45) is 0 Å². The predicted octanol–water partition coefficient (Wildman–Crippen LogP) is 3.18. The third-order valence-electron chi connectivity index (χ3n) is 1.49. The molecule has 62 valence electrons. The van der Waals surface area contributed by atoms with Crippen LogP contribution in [0, 0.1) is 10.8 Å². The molecule has 0 aliphatic carbocycles. The number of aromatic nitrogens is 2. The van der Waals surface area contributed by atoms with Crippen molar-refractivity contribution in [1.82, 2.24) is 9.36 Å². The first-order chi connectivity index (χ1) is 5.77. The van der Waals surface area contributed by atoms with Gasteiger partial charge < -0.3 is 0 Å². The summed E-state index contributed by atoms with van der Waals surface area (Å²) in [7, 11) is 0. The number of hydrogen-bond donors (Lipinski definition) is 0. The molecule has 2 heterocycles. The van der Waals surface area contributed by atoms with Crippen LogP contribution in [0.2, 0.25) is 0 Å². The SMILES string of the molecule is Cc1cscc1-c1nc(I)ns1. The van der Waals surface area contributed by atoms with Gasteiger partial charge in [0.15, 0.2) is 0 Å². The third kappa shape index (κ3) is 1.53. The van der Waals surface area contributed by atoms with Gasteiger partial charge >= 0.3 is 0 Å². The first-order valence-corrected chi connectivity index (χ1v) is 6.09. The summed E-state index contributed by atoms with van der Waals surface area (Å²) in [5, 5.41) is 5.27. The van der Waals surface area contributed by atoms with Gasteiger partial charge in [0.1, 0.15) is 5.01 Å². The molecular formula is C7H5IN2S2. The Morgan fingerprint density at radius 2 is 2.25 bits per heavy atom. The average molecular weight is 308 g/mol. The average Bonchev–Trinajstić information content (AvgIpc) is 2.58. The van der Waals surface area contributed by atoms with E-state index in [-0.39, 0.29) is 0 Å². The molecule has 0 N–H and O–H groups in total. The first kappa shape index (κ1) is 8.58. The van der Waals surface area contributed by atoms with Crippen molar-refractivity contribution in [1.29, 1.82) is 0 Å². The van der Waals surface area contributed by atoms with Crippen molar-refractivity contribution in [3.05, 3.63) is 20.2 Å². The molecule has 0 saturated heterocycles. The fourth-order valence-corrected chi connectivity index (χ4v) is 3.15. The van der Waals surface area contributed by atoms with E-state index < -0.39 is 0 Å². The number of rotatable bonds is 1. The molecule has 2 aromatic heterocycles. The van der Waals surface area contributed by atoms with E-state index >= 15 is 0 Å². The van der Waals surface area contributed by atoms with Gasteiger partial charge in [-0.3, -0.25) is 0 Å². The van der Waals surface area contributed by atoms with Gasteiger partial charge in [0.25, 0.3) is 0 Å². The van der Waals surface area contributed by atoms with Gasteiger partial charge in [-0.25, -0.2) is 4.98 Å². The lowest BCUT2D eigenvalue weighted by Gasteiger charge is -1.89. The highest BCUT2D eigenvalue weighted by molar-refractivity contribution is 14.1. The highest BCUT2D eigenvalue weighted by Gasteiger charge is 2.07. The largest absolute Gasteiger partial charge is 0.210 e. The Morgan fingerprint density at radius 1 is 1.42 bits per heavy atom. The Labute approximate surface area is 92.0 Å². The molecule has 5 heteroatoms. The first-order valence-electron chi connectivity index (χ1n) is 3.30. The van der Waals surface area contributed by atoms with E-state index in [0.717, 1.165) is 8.84 Å². The van der Waals surface area contributed by atoms with E-state index in [2.05, 4.69) is 49.6 Å². The lowest BCUT2D eigenvalue weighted by Crippen LogP contribution is -1.75. The molecule has 0 aliphatic heterocycles. The second-order valence-electron chi connectivity index (χ2n) is 2.34. The zero-order valence-corrected chi connectivity index (χ0v) is 10.0. The van der Waals surface area contributed by atoms with Crippen LogP contribution in [0.5, 0.6) is 0 Å². The second-order valence-corrected chi connectivity index (χ2v) is 4.80. The Balaban J connectivity index is 2.50. The molecule has 0 bridgehead atoms. The van der Waals surface area contributed by atoms with Crippen LogP contribution in [-0.4, -0.2) is 9.36 Å². The summed E-state index contributed by atoms with van der Waals surface area (Å²) in [6, 6.07) is 0. The highest BCUT2D eigenvalue weighted by Crippen LogP contribution is 2.28. The van der Waals surface area contributed by atoms with Crippen molar-refractivity contribution in [3.8, 4) is 10.6 Å². The summed E-state index contributed by atoms with van der Waals surface area (Å²) in [6.07, 6.45) is 0. The van der Waals surface area contributed by atoms with Gasteiger partial charge in [0.2, 0.25) is 3.83 Å². The van der Waals surface area contributed by atoms with Crippen molar-refractivity contribution >= 4 is 45.5 Å². The van der Waals surface area contributed by atoms with Crippen molar-refractivity contribution < 1.29 is 0 Å². The molecule has 2 aromatic rings. The lowest BCUT2D eigenvalue weighted by molar-refractivity contribution is 1.25. The Hall–Kier alpha value is -0.0100. The van der Waals surface area contributed by atoms with Gasteiger partial charge in [-0.2, -0.15) is 15.7 Å². The quantitative estimate of drug-likeness (QED) is 0.756. The molecule has 0 unspecified atom stereocenters. The molecule has 12 heavy (non-hydrogen) atoms. The van der Waals surface area contributed by atoms with Gasteiger partial charge in [-0.1, -0.05) is 0 Å². The number of aryl methyl sites for hydroxylation is 1. The third-order valence-corrected chi connectivity index (χ3v) is 3.91. The molecule has 0 radical (unpaired) electrons. The highest BCUT2D eigenvalue weighted by atomic mass is 127. The van der Waals surface area contributed by atoms with Gasteiger partial charge in [-0.05, 0) is 29.4 Å². The topological polar surface area (TPSA) is 25.8 Å². The number of thiophene rings is 1. The minimum atomic E-state index is 0.832. The fraction of sp³-hybridized carbons (Fsp3) is 0.143. The van der Waals surface area contributed by atoms with Gasteiger partial charge in [-0.15, -0.1) is 0 Å². The monoisotopic (exact) mass is 308 g/mol. The van der Waals surface area contributed by atoms with Gasteiger partial charge in [0.05, 0.1) is 0 Å². The number of hydrogen-bond acceptors (Lipinski definition) is 4. The summed E-state index contributed by atoms with van der Waals surface area (Å²) in [5.41, 5.74) is 2.51. The Bertz CT molecular complexity index is 394. The van der Waals surface area contributed by atoms with Crippen LogP contribution in [0.3, 0.4) is 0 Å². The molecule has 2 nitrogen and oxygen atoms in total. The number of nitrogens with zero attached hydrogens (tertiary/aromatic N) is 2. The lowest BCUT2D eigenvalue weighted by atomic mass is 10.2. The fourth-order valence-electron chi connectivity index (χ4n) is 0.895. The van der Waals surface area contributed by atoms with E-state index in [1.807, 2.05) is 0 Å². The van der Waals surface area contributed by atoms with Crippen molar-refractivity contribution in [3.63, 3.8) is 0 Å². The zero-order valence-electron chi connectivity index (χ0n) is 6.24. The van der Waals surface area contributed by atoms with E-state index in [0.29, 0.717) is 0 Å². The van der Waals surface area contributed by atoms with Crippen LogP contribution in [0.4, 0.5) is 0 Å². The smallest absolute Gasteiger partial charge is 0.203 e. The molecule has 0 fully saturated rings. The minimum absolute atomic E-state index is 0.832.